The summed E-state index contributed by atoms with van der Waals surface area (Å²) >= 11 is 0. The average molecular weight is 435 g/mol. The van der Waals surface area contributed by atoms with Gasteiger partial charge in [0.2, 0.25) is 11.6 Å². The third kappa shape index (κ3) is 3.82. The lowest BCUT2D eigenvalue weighted by Gasteiger charge is -2.06. The maximum atomic E-state index is 12.8. The maximum Gasteiger partial charge on any atom is 0.294 e. The number of amides is 1. The Bertz CT molecular complexity index is 1340. The highest BCUT2D eigenvalue weighted by atomic mass is 16.6. The number of aromatic hydroxyl groups is 1. The van der Waals surface area contributed by atoms with Crippen molar-refractivity contribution in [1.82, 2.24) is 30.7 Å². The van der Waals surface area contributed by atoms with Crippen molar-refractivity contribution in [2.45, 2.75) is 0 Å². The Morgan fingerprint density at radius 3 is 2.78 bits per heavy atom. The summed E-state index contributed by atoms with van der Waals surface area (Å²) in [6.45, 7) is 0. The molecule has 0 saturated carbocycles. The van der Waals surface area contributed by atoms with Gasteiger partial charge in [0.25, 0.3) is 11.6 Å². The number of nitro benzene ring substituents is 1. The van der Waals surface area contributed by atoms with Gasteiger partial charge in [-0.2, -0.15) is 9.78 Å². The largest absolute Gasteiger partial charge is 0.507 e. The van der Waals surface area contributed by atoms with Crippen LogP contribution in [0.2, 0.25) is 0 Å². The van der Waals surface area contributed by atoms with Gasteiger partial charge in [-0.05, 0) is 22.4 Å². The SMILES string of the molecule is Nc1nonc1-n1nnc(C(=O)NN=Cc2ccccc2O)c1-c1cccc([N+](=O)[O-])c1. The van der Waals surface area contributed by atoms with Gasteiger partial charge in [-0.3, -0.25) is 14.9 Å². The molecule has 0 unspecified atom stereocenters. The van der Waals surface area contributed by atoms with Crippen LogP contribution >= 0.6 is 0 Å². The Kier molecular flexibility index (Phi) is 5.23. The van der Waals surface area contributed by atoms with Gasteiger partial charge in [0.1, 0.15) is 11.4 Å². The number of phenolic OH excluding ortho intramolecular Hbond substituents is 1. The molecule has 0 aliphatic rings. The third-order valence-electron chi connectivity index (χ3n) is 4.22. The van der Waals surface area contributed by atoms with Crippen molar-refractivity contribution in [1.29, 1.82) is 0 Å². The Labute approximate surface area is 178 Å². The summed E-state index contributed by atoms with van der Waals surface area (Å²) in [7, 11) is 0. The number of hydrogen-bond acceptors (Lipinski definition) is 11. The van der Waals surface area contributed by atoms with Crippen molar-refractivity contribution < 1.29 is 19.5 Å². The molecular formula is C18H13N9O5. The summed E-state index contributed by atoms with van der Waals surface area (Å²) in [6.07, 6.45) is 1.24. The minimum absolute atomic E-state index is 0.0252. The summed E-state index contributed by atoms with van der Waals surface area (Å²) in [4.78, 5) is 23.4. The zero-order valence-corrected chi connectivity index (χ0v) is 16.0. The number of carbonyl (C=O) groups excluding carboxylic acids is 1. The van der Waals surface area contributed by atoms with Crippen LogP contribution in [0.5, 0.6) is 5.75 Å². The maximum absolute atomic E-state index is 12.8. The summed E-state index contributed by atoms with van der Waals surface area (Å²) in [6, 6.07) is 11.9. The van der Waals surface area contributed by atoms with E-state index in [-0.39, 0.29) is 40.0 Å². The van der Waals surface area contributed by atoms with Crippen LogP contribution in [0.4, 0.5) is 11.5 Å². The number of anilines is 1. The van der Waals surface area contributed by atoms with Crippen LogP contribution in [-0.4, -0.2) is 47.5 Å². The van der Waals surface area contributed by atoms with Crippen molar-refractivity contribution in [2.75, 3.05) is 5.73 Å². The molecule has 1 amide bonds. The molecule has 0 saturated heterocycles. The van der Waals surface area contributed by atoms with E-state index in [9.17, 15) is 20.0 Å². The van der Waals surface area contributed by atoms with Crippen LogP contribution in [0.15, 0.2) is 58.3 Å². The summed E-state index contributed by atoms with van der Waals surface area (Å²) in [5.74, 6) is -0.996. The van der Waals surface area contributed by atoms with E-state index in [1.54, 1.807) is 18.2 Å². The molecule has 4 rings (SSSR count). The van der Waals surface area contributed by atoms with Crippen LogP contribution in [0, 0.1) is 10.1 Å². The molecule has 160 valence electrons. The fourth-order valence-corrected chi connectivity index (χ4v) is 2.76. The van der Waals surface area contributed by atoms with Gasteiger partial charge in [-0.15, -0.1) is 5.10 Å². The van der Waals surface area contributed by atoms with Crippen molar-refractivity contribution in [3.63, 3.8) is 0 Å². The molecule has 4 N–H and O–H groups in total. The van der Waals surface area contributed by atoms with E-state index < -0.39 is 10.8 Å². The first-order valence-electron chi connectivity index (χ1n) is 8.86. The molecule has 0 spiro atoms. The molecule has 0 radical (unpaired) electrons. The summed E-state index contributed by atoms with van der Waals surface area (Å²) < 4.78 is 5.65. The molecule has 2 aromatic heterocycles. The number of nitrogens with zero attached hydrogens (tertiary/aromatic N) is 7. The Morgan fingerprint density at radius 2 is 2.06 bits per heavy atom. The fraction of sp³-hybridized carbons (Fsp3) is 0. The standard InChI is InChI=1S/C18H13N9O5/c19-16-17(24-32-23-16)26-15(10-5-3-6-12(8-10)27(30)31)14(21-25-26)18(29)22-20-9-11-4-1-2-7-13(11)28/h1-9,28H,(H2,19,23)(H,22,29). The molecule has 0 aliphatic carbocycles. The average Bonchev–Trinajstić information content (AvgIpc) is 3.41. The van der Waals surface area contributed by atoms with Crippen molar-refractivity contribution in [3.8, 4) is 22.8 Å². The van der Waals surface area contributed by atoms with Crippen molar-refractivity contribution in [2.24, 2.45) is 5.10 Å². The van der Waals surface area contributed by atoms with Crippen molar-refractivity contribution >= 4 is 23.6 Å². The smallest absolute Gasteiger partial charge is 0.294 e. The zero-order valence-electron chi connectivity index (χ0n) is 16.0. The summed E-state index contributed by atoms with van der Waals surface area (Å²) in [5.41, 5.74) is 8.22. The van der Waals surface area contributed by atoms with E-state index in [4.69, 9.17) is 5.73 Å². The monoisotopic (exact) mass is 435 g/mol. The predicted octanol–water partition coefficient (Wildman–Crippen LogP) is 1.28. The molecule has 32 heavy (non-hydrogen) atoms. The van der Waals surface area contributed by atoms with E-state index in [1.807, 2.05) is 0 Å². The molecule has 0 bridgehead atoms. The first-order valence-corrected chi connectivity index (χ1v) is 8.86. The molecule has 2 heterocycles. The number of nitro groups is 1. The number of phenols is 1. The molecule has 14 heteroatoms. The van der Waals surface area contributed by atoms with Gasteiger partial charge in [0.15, 0.2) is 5.69 Å². The number of aromatic nitrogens is 5. The number of nitrogens with one attached hydrogen (secondary N) is 1. The van der Waals surface area contributed by atoms with E-state index in [1.165, 1.54) is 36.5 Å². The zero-order chi connectivity index (χ0) is 22.7. The predicted molar refractivity (Wildman–Crippen MR) is 109 cm³/mol. The molecule has 0 fully saturated rings. The third-order valence-corrected chi connectivity index (χ3v) is 4.22. The first-order chi connectivity index (χ1) is 15.5. The number of non-ortho nitro benzene ring substituents is 1. The highest BCUT2D eigenvalue weighted by Crippen LogP contribution is 2.29. The molecule has 0 atom stereocenters. The fourth-order valence-electron chi connectivity index (χ4n) is 2.76. The topological polar surface area (TPSA) is 200 Å². The molecule has 2 aromatic carbocycles. The lowest BCUT2D eigenvalue weighted by molar-refractivity contribution is -0.384. The number of nitrogens with two attached hydrogens (primary N) is 1. The van der Waals surface area contributed by atoms with Gasteiger partial charge in [-0.25, -0.2) is 10.1 Å². The Hall–Kier alpha value is -5.14. The highest BCUT2D eigenvalue weighted by Gasteiger charge is 2.26. The number of carbonyl (C=O) groups is 1. The molecule has 4 aromatic rings. The molecule has 14 nitrogen and oxygen atoms in total. The van der Waals surface area contributed by atoms with Gasteiger partial charge < -0.3 is 10.8 Å². The van der Waals surface area contributed by atoms with Crippen LogP contribution in [-0.2, 0) is 0 Å². The minimum Gasteiger partial charge on any atom is -0.507 e. The second-order valence-electron chi connectivity index (χ2n) is 6.24. The lowest BCUT2D eigenvalue weighted by Crippen LogP contribution is -2.19. The minimum atomic E-state index is -0.778. The van der Waals surface area contributed by atoms with Crippen LogP contribution in [0.3, 0.4) is 0 Å². The highest BCUT2D eigenvalue weighted by molar-refractivity contribution is 5.99. The van der Waals surface area contributed by atoms with E-state index in [2.05, 4.69) is 35.8 Å². The van der Waals surface area contributed by atoms with Gasteiger partial charge >= 0.3 is 0 Å². The van der Waals surface area contributed by atoms with Crippen molar-refractivity contribution in [3.05, 3.63) is 69.9 Å². The quantitative estimate of drug-likeness (QED) is 0.225. The summed E-state index contributed by atoms with van der Waals surface area (Å²) in [5, 5.41) is 39.6. The Balaban J connectivity index is 1.74. The van der Waals surface area contributed by atoms with Crippen LogP contribution in [0.1, 0.15) is 16.1 Å². The van der Waals surface area contributed by atoms with E-state index >= 15 is 0 Å². The second kappa shape index (κ2) is 8.31. The number of hydrazone groups is 1. The van der Waals surface area contributed by atoms with Gasteiger partial charge in [-0.1, -0.05) is 29.5 Å². The number of hydrogen-bond donors (Lipinski definition) is 3. The second-order valence-corrected chi connectivity index (χ2v) is 6.24. The number of nitrogen functional groups attached to an aromatic ring is 1. The van der Waals surface area contributed by atoms with Gasteiger partial charge in [0, 0.05) is 23.3 Å². The molecular weight excluding hydrogens is 422 g/mol. The first kappa shape index (κ1) is 20.1. The number of rotatable bonds is 6. The van der Waals surface area contributed by atoms with Crippen LogP contribution in [0.25, 0.3) is 17.1 Å². The lowest BCUT2D eigenvalue weighted by atomic mass is 10.1. The number of para-hydroxylation sites is 1. The molecule has 0 aliphatic heterocycles. The van der Waals surface area contributed by atoms with E-state index in [0.717, 1.165) is 4.68 Å². The normalized spacial score (nSPS) is 11.0. The van der Waals surface area contributed by atoms with Crippen LogP contribution < -0.4 is 11.2 Å². The van der Waals surface area contributed by atoms with E-state index in [0.29, 0.717) is 5.56 Å². The Morgan fingerprint density at radius 1 is 1.25 bits per heavy atom. The van der Waals surface area contributed by atoms with Gasteiger partial charge in [0.05, 0.1) is 11.1 Å². The number of benzene rings is 2.